The fraction of sp³-hybridized carbons (Fsp3) is 0.414. The largest absolute Gasteiger partial charge is 0.495 e. The van der Waals surface area contributed by atoms with Crippen molar-refractivity contribution < 1.29 is 56.7 Å². The second-order valence-corrected chi connectivity index (χ2v) is 19.6. The molecule has 0 spiro atoms. The van der Waals surface area contributed by atoms with Gasteiger partial charge in [0.1, 0.15) is 29.6 Å². The number of likely N-dealkylation sites (N-methyl/N-ethyl adjacent to an activating group) is 1. The second kappa shape index (κ2) is 21.7. The number of allylic oxidation sites excluding steroid dienone is 2. The minimum Gasteiger partial charge on any atom is -0.495 e. The van der Waals surface area contributed by atoms with Crippen LogP contribution < -0.4 is 25.0 Å². The summed E-state index contributed by atoms with van der Waals surface area (Å²) in [5, 5.41) is 5.21. The molecule has 386 valence electrons. The van der Waals surface area contributed by atoms with Crippen molar-refractivity contribution >= 4 is 56.1 Å². The zero-order chi connectivity index (χ0) is 52.5. The second-order valence-electron chi connectivity index (χ2n) is 19.6. The topological polar surface area (TPSA) is 171 Å². The van der Waals surface area contributed by atoms with E-state index in [0.717, 1.165) is 16.7 Å². The molecule has 6 aromatic rings. The van der Waals surface area contributed by atoms with Gasteiger partial charge in [0, 0.05) is 48.7 Å². The molecule has 2 aliphatic heterocycles. The first-order valence-corrected chi connectivity index (χ1v) is 24.6. The average molecular weight is 999 g/mol. The summed E-state index contributed by atoms with van der Waals surface area (Å²) < 4.78 is 58.5. The molecule has 0 bridgehead atoms. The molecule has 15 heteroatoms. The molecule has 1 amide bonds. The van der Waals surface area contributed by atoms with Crippen LogP contribution in [0.15, 0.2) is 94.2 Å². The number of aryl methyl sites for hydroxylation is 1. The number of methoxy groups -OCH3 is 2. The summed E-state index contributed by atoms with van der Waals surface area (Å²) in [5.74, 6) is -0.154. The number of alkyl carbamates (subject to hydrolysis) is 1. The molecule has 1 N–H and O–H groups in total. The first-order chi connectivity index (χ1) is 34.9. The van der Waals surface area contributed by atoms with E-state index in [9.17, 15) is 19.2 Å². The van der Waals surface area contributed by atoms with Crippen molar-refractivity contribution in [2.45, 2.75) is 130 Å². The van der Waals surface area contributed by atoms with Crippen molar-refractivity contribution in [3.05, 3.63) is 129 Å². The number of nitrogens with one attached hydrogen (secondary N) is 1. The zero-order valence-corrected chi connectivity index (χ0v) is 43.7. The summed E-state index contributed by atoms with van der Waals surface area (Å²) in [7, 11) is 7.11. The van der Waals surface area contributed by atoms with Gasteiger partial charge in [-0.05, 0) is 102 Å². The molecule has 73 heavy (non-hydrogen) atoms. The molecule has 0 saturated carbocycles. The molecule has 2 fully saturated rings. The average Bonchev–Trinajstić information content (AvgIpc) is 3.35. The molecule has 15 nitrogen and oxygen atoms in total. The first-order valence-electron chi connectivity index (χ1n) is 24.6. The van der Waals surface area contributed by atoms with Crippen LogP contribution in [0.2, 0.25) is 0 Å². The molecule has 0 aliphatic carbocycles. The molecule has 0 radical (unpaired) electrons. The number of fused-ring (bicyclic) bond motifs is 4. The molecule has 1 aromatic heterocycles. The summed E-state index contributed by atoms with van der Waals surface area (Å²) in [4.78, 5) is 56.5. The number of carbonyl (C=O) groups is 3. The normalized spacial score (nSPS) is 23.4. The van der Waals surface area contributed by atoms with Crippen molar-refractivity contribution in [3.8, 4) is 17.2 Å². The highest BCUT2D eigenvalue weighted by Crippen LogP contribution is 2.56. The minimum atomic E-state index is -1.32. The molecule has 3 heterocycles. The first kappa shape index (κ1) is 52.5. The highest BCUT2D eigenvalue weighted by molar-refractivity contribution is 6.22. The van der Waals surface area contributed by atoms with Crippen molar-refractivity contribution in [2.24, 2.45) is 0 Å². The van der Waals surface area contributed by atoms with E-state index in [1.807, 2.05) is 121 Å². The third-order valence-corrected chi connectivity index (χ3v) is 14.2. The molecular formula is C58H66N2O13. The van der Waals surface area contributed by atoms with Crippen LogP contribution >= 0.6 is 0 Å². The maximum atomic E-state index is 14.1. The maximum absolute atomic E-state index is 14.1. The van der Waals surface area contributed by atoms with Crippen molar-refractivity contribution in [3.63, 3.8) is 0 Å². The predicted molar refractivity (Wildman–Crippen MR) is 278 cm³/mol. The quantitative estimate of drug-likeness (QED) is 0.0473. The van der Waals surface area contributed by atoms with Crippen LogP contribution in [-0.4, -0.2) is 87.2 Å². The van der Waals surface area contributed by atoms with Gasteiger partial charge in [-0.1, -0.05) is 66.7 Å². The van der Waals surface area contributed by atoms with Crippen LogP contribution in [0.5, 0.6) is 17.2 Å². The molecule has 5 aromatic carbocycles. The maximum Gasteiger partial charge on any atom is 0.408 e. The number of rotatable bonds is 14. The number of esters is 2. The molecule has 2 saturated heterocycles. The van der Waals surface area contributed by atoms with Crippen molar-refractivity contribution in [2.75, 3.05) is 28.3 Å². The van der Waals surface area contributed by atoms with E-state index >= 15 is 0 Å². The van der Waals surface area contributed by atoms with E-state index in [-0.39, 0.29) is 47.7 Å². The Morgan fingerprint density at radius 2 is 1.42 bits per heavy atom. The van der Waals surface area contributed by atoms with E-state index in [2.05, 4.69) is 10.2 Å². The third-order valence-electron chi connectivity index (χ3n) is 14.2. The number of ether oxygens (including phenoxy) is 8. The van der Waals surface area contributed by atoms with Crippen molar-refractivity contribution in [1.82, 2.24) is 10.2 Å². The lowest BCUT2D eigenvalue weighted by atomic mass is 9.79. The Hall–Kier alpha value is -6.78. The van der Waals surface area contributed by atoms with Crippen LogP contribution in [0.4, 0.5) is 4.79 Å². The summed E-state index contributed by atoms with van der Waals surface area (Å²) in [5.41, 5.74) is 2.95. The number of hydrogen-bond acceptors (Lipinski definition) is 14. The van der Waals surface area contributed by atoms with Crippen LogP contribution in [0.25, 0.3) is 38.1 Å². The molecule has 8 atom stereocenters. The number of benzene rings is 5. The van der Waals surface area contributed by atoms with Gasteiger partial charge in [0.15, 0.2) is 17.1 Å². The smallest absolute Gasteiger partial charge is 0.408 e. The summed E-state index contributed by atoms with van der Waals surface area (Å²) in [6, 6.07) is 24.4. The fourth-order valence-corrected chi connectivity index (χ4v) is 10.7. The lowest BCUT2D eigenvalue weighted by Crippen LogP contribution is -2.63. The van der Waals surface area contributed by atoms with Gasteiger partial charge in [0.2, 0.25) is 0 Å². The standard InChI is InChI=1S/C58H66N2O13/c1-13-31(2)44-27-43(63)47-32(3)24-41-49(55(47)73-44)54(66-12)50-48(52(41)65-11)39(45-26-42(60(9)10)51(33(4)69-45)67-29-37-20-16-14-17-21-37)25-40(53(50)71-35(6)61)46-28-58(8,56(34(5)70-46)72-36(7)62)59-57(64)68-30-38-22-18-15-19-23-38/h13-25,27,33-34,42,45-46,51,56H,26,28-30H2,1-12H3,(H,59,64)/b31-13+/t33-,34+,42-,45-,46+,51-,56-,58+/m1/s1. The summed E-state index contributed by atoms with van der Waals surface area (Å²) in [6.07, 6.45) is -2.61. The van der Waals surface area contributed by atoms with Gasteiger partial charge in [0.25, 0.3) is 0 Å². The van der Waals surface area contributed by atoms with E-state index in [0.29, 0.717) is 68.2 Å². The highest BCUT2D eigenvalue weighted by Gasteiger charge is 2.51. The Morgan fingerprint density at radius 1 is 0.781 bits per heavy atom. The number of hydrogen-bond donors (Lipinski definition) is 1. The predicted octanol–water partition coefficient (Wildman–Crippen LogP) is 10.6. The monoisotopic (exact) mass is 998 g/mol. The Kier molecular flexibility index (Phi) is 15.7. The van der Waals surface area contributed by atoms with Gasteiger partial charge in [-0.3, -0.25) is 14.4 Å². The van der Waals surface area contributed by atoms with Gasteiger partial charge in [-0.25, -0.2) is 4.79 Å². The summed E-state index contributed by atoms with van der Waals surface area (Å²) in [6.45, 7) is 14.1. The zero-order valence-electron chi connectivity index (χ0n) is 43.7. The van der Waals surface area contributed by atoms with Gasteiger partial charge >= 0.3 is 18.0 Å². The van der Waals surface area contributed by atoms with Gasteiger partial charge in [-0.15, -0.1) is 0 Å². The van der Waals surface area contributed by atoms with E-state index < -0.39 is 54.1 Å². The van der Waals surface area contributed by atoms with Crippen LogP contribution in [0.1, 0.15) is 107 Å². The van der Waals surface area contributed by atoms with Gasteiger partial charge in [-0.2, -0.15) is 0 Å². The molecule has 2 aliphatic rings. The lowest BCUT2D eigenvalue weighted by Gasteiger charge is -2.47. The molecule has 0 unspecified atom stereocenters. The highest BCUT2D eigenvalue weighted by atomic mass is 16.6. The lowest BCUT2D eigenvalue weighted by molar-refractivity contribution is -0.186. The van der Waals surface area contributed by atoms with Crippen molar-refractivity contribution in [1.29, 1.82) is 0 Å². The van der Waals surface area contributed by atoms with Gasteiger partial charge < -0.3 is 52.5 Å². The molecular weight excluding hydrogens is 933 g/mol. The van der Waals surface area contributed by atoms with Gasteiger partial charge in [0.05, 0.1) is 73.0 Å². The van der Waals surface area contributed by atoms with E-state index in [1.54, 1.807) is 21.0 Å². The molecule has 8 rings (SSSR count). The number of carbonyl (C=O) groups excluding carboxylic acids is 3. The Labute approximate surface area is 425 Å². The Bertz CT molecular complexity index is 3130. The van der Waals surface area contributed by atoms with Crippen LogP contribution in [0, 0.1) is 6.92 Å². The van der Waals surface area contributed by atoms with Crippen LogP contribution in [0.3, 0.4) is 0 Å². The Morgan fingerprint density at radius 3 is 2.03 bits per heavy atom. The van der Waals surface area contributed by atoms with E-state index in [4.69, 9.17) is 42.3 Å². The Balaban J connectivity index is 1.40. The fourth-order valence-electron chi connectivity index (χ4n) is 10.7. The number of nitrogens with zero attached hydrogens (tertiary/aromatic N) is 1. The number of amides is 1. The van der Waals surface area contributed by atoms with E-state index in [1.165, 1.54) is 27.0 Å². The summed E-state index contributed by atoms with van der Waals surface area (Å²) >= 11 is 0. The minimum absolute atomic E-state index is 0.00259. The third kappa shape index (κ3) is 10.5. The SMILES string of the molecule is C/C=C(\C)c1cc(=O)c2c(C)cc3c(OC)c4c([C@H]5C[C@@H](N(C)C)[C@H](OCc6ccccc6)[C@@H](C)O5)cc([C@@H]5C[C@](C)(NC(=O)OCc6ccccc6)[C@H](OC(C)=O)[C@H](C)O5)c(OC(C)=O)c4c(OC)c3c2o1. The van der Waals surface area contributed by atoms with Crippen LogP contribution in [-0.2, 0) is 46.5 Å².